The predicted molar refractivity (Wildman–Crippen MR) is 59.0 cm³/mol. The molecule has 1 atom stereocenters. The molecule has 1 unspecified atom stereocenters. The Balaban J connectivity index is 2.02. The van der Waals surface area contributed by atoms with E-state index in [2.05, 4.69) is 5.32 Å². The number of benzene rings is 1. The first-order valence-electron chi connectivity index (χ1n) is 4.90. The average molecular weight is 226 g/mol. The number of nitrogens with one attached hydrogen (secondary N) is 1. The van der Waals surface area contributed by atoms with Gasteiger partial charge in [0.05, 0.1) is 23.2 Å². The Bertz CT molecular complexity index is 361. The third kappa shape index (κ3) is 2.49. The van der Waals surface area contributed by atoms with Crippen molar-refractivity contribution in [2.24, 2.45) is 5.92 Å². The molecular weight excluding hydrogens is 214 g/mol. The molecule has 1 fully saturated rings. The van der Waals surface area contributed by atoms with Gasteiger partial charge in [-0.15, -0.1) is 0 Å². The van der Waals surface area contributed by atoms with Gasteiger partial charge in [-0.2, -0.15) is 0 Å². The maximum absolute atomic E-state index is 11.7. The zero-order valence-electron chi connectivity index (χ0n) is 8.20. The molecule has 4 heteroatoms. The first-order valence-corrected chi connectivity index (χ1v) is 5.28. The number of carbonyl (C=O) groups is 1. The smallest absolute Gasteiger partial charge is 0.229 e. The number of rotatable bonds is 2. The normalized spacial score (nSPS) is 20.2. The van der Waals surface area contributed by atoms with E-state index >= 15 is 0 Å². The third-order valence-corrected chi connectivity index (χ3v) is 2.76. The molecule has 1 aromatic rings. The van der Waals surface area contributed by atoms with E-state index in [1.807, 2.05) is 12.1 Å². The molecule has 80 valence electrons. The first-order chi connectivity index (χ1) is 7.27. The molecule has 1 aliphatic rings. The molecule has 0 saturated carbocycles. The van der Waals surface area contributed by atoms with Crippen molar-refractivity contribution in [3.63, 3.8) is 0 Å². The SMILES string of the molecule is O=C(Nc1ccccc1Cl)C1CCOC1. The number of halogens is 1. The lowest BCUT2D eigenvalue weighted by molar-refractivity contribution is -0.119. The molecule has 1 aromatic carbocycles. The van der Waals surface area contributed by atoms with E-state index < -0.39 is 0 Å². The van der Waals surface area contributed by atoms with Crippen molar-refractivity contribution in [2.75, 3.05) is 18.5 Å². The van der Waals surface area contributed by atoms with Crippen molar-refractivity contribution in [1.29, 1.82) is 0 Å². The number of ether oxygens (including phenoxy) is 1. The minimum atomic E-state index is -0.0405. The Morgan fingerprint density at radius 1 is 1.47 bits per heavy atom. The quantitative estimate of drug-likeness (QED) is 0.839. The lowest BCUT2D eigenvalue weighted by atomic mass is 10.1. The Kier molecular flexibility index (Phi) is 3.23. The maximum atomic E-state index is 11.7. The molecule has 1 aliphatic heterocycles. The van der Waals surface area contributed by atoms with Crippen molar-refractivity contribution in [3.8, 4) is 0 Å². The van der Waals surface area contributed by atoms with Crippen LogP contribution in [-0.2, 0) is 9.53 Å². The molecule has 1 saturated heterocycles. The lowest BCUT2D eigenvalue weighted by Gasteiger charge is -2.10. The summed E-state index contributed by atoms with van der Waals surface area (Å²) >= 11 is 5.93. The number of para-hydroxylation sites is 1. The summed E-state index contributed by atoms with van der Waals surface area (Å²) < 4.78 is 5.15. The fraction of sp³-hybridized carbons (Fsp3) is 0.364. The third-order valence-electron chi connectivity index (χ3n) is 2.43. The second kappa shape index (κ2) is 4.64. The van der Waals surface area contributed by atoms with Crippen molar-refractivity contribution in [2.45, 2.75) is 6.42 Å². The highest BCUT2D eigenvalue weighted by Gasteiger charge is 2.23. The summed E-state index contributed by atoms with van der Waals surface area (Å²) in [6.45, 7) is 1.18. The van der Waals surface area contributed by atoms with Gasteiger partial charge in [0.25, 0.3) is 0 Å². The summed E-state index contributed by atoms with van der Waals surface area (Å²) in [4.78, 5) is 11.7. The van der Waals surface area contributed by atoms with E-state index in [4.69, 9.17) is 16.3 Å². The van der Waals surface area contributed by atoms with Crippen molar-refractivity contribution in [3.05, 3.63) is 29.3 Å². The highest BCUT2D eigenvalue weighted by molar-refractivity contribution is 6.33. The van der Waals surface area contributed by atoms with Gasteiger partial charge in [0.2, 0.25) is 5.91 Å². The summed E-state index contributed by atoms with van der Waals surface area (Å²) in [7, 11) is 0. The number of anilines is 1. The highest BCUT2D eigenvalue weighted by atomic mass is 35.5. The summed E-state index contributed by atoms with van der Waals surface area (Å²) in [5, 5.41) is 3.36. The van der Waals surface area contributed by atoms with E-state index in [1.165, 1.54) is 0 Å². The largest absolute Gasteiger partial charge is 0.381 e. The van der Waals surface area contributed by atoms with E-state index in [-0.39, 0.29) is 11.8 Å². The van der Waals surface area contributed by atoms with Crippen LogP contribution in [0.25, 0.3) is 0 Å². The van der Waals surface area contributed by atoms with Crippen LogP contribution in [0.15, 0.2) is 24.3 Å². The Morgan fingerprint density at radius 3 is 2.93 bits per heavy atom. The minimum absolute atomic E-state index is 0.0133. The summed E-state index contributed by atoms with van der Waals surface area (Å²) in [5.41, 5.74) is 0.663. The van der Waals surface area contributed by atoms with E-state index in [0.717, 1.165) is 6.42 Å². The number of hydrogen-bond donors (Lipinski definition) is 1. The van der Waals surface area contributed by atoms with Crippen LogP contribution in [0.1, 0.15) is 6.42 Å². The van der Waals surface area contributed by atoms with Gasteiger partial charge in [-0.1, -0.05) is 23.7 Å². The van der Waals surface area contributed by atoms with E-state index in [0.29, 0.717) is 23.9 Å². The zero-order chi connectivity index (χ0) is 10.7. The molecule has 1 amide bonds. The number of hydrogen-bond acceptors (Lipinski definition) is 2. The van der Waals surface area contributed by atoms with Crippen LogP contribution in [-0.4, -0.2) is 19.1 Å². The minimum Gasteiger partial charge on any atom is -0.381 e. The molecular formula is C11H12ClNO2. The predicted octanol–water partition coefficient (Wildman–Crippen LogP) is 2.32. The van der Waals surface area contributed by atoms with Gasteiger partial charge in [0.15, 0.2) is 0 Å². The molecule has 2 rings (SSSR count). The molecule has 0 aromatic heterocycles. The molecule has 1 heterocycles. The van der Waals surface area contributed by atoms with Crippen LogP contribution in [0, 0.1) is 5.92 Å². The Labute approximate surface area is 93.4 Å². The van der Waals surface area contributed by atoms with E-state index in [9.17, 15) is 4.79 Å². The second-order valence-electron chi connectivity index (χ2n) is 3.53. The Hall–Kier alpha value is -1.06. The van der Waals surface area contributed by atoms with Gasteiger partial charge < -0.3 is 10.1 Å². The van der Waals surface area contributed by atoms with Crippen LogP contribution < -0.4 is 5.32 Å². The molecule has 0 aliphatic carbocycles. The fourth-order valence-corrected chi connectivity index (χ4v) is 1.72. The van der Waals surface area contributed by atoms with Crippen LogP contribution >= 0.6 is 11.6 Å². The monoisotopic (exact) mass is 225 g/mol. The fourth-order valence-electron chi connectivity index (χ4n) is 1.54. The van der Waals surface area contributed by atoms with Crippen molar-refractivity contribution in [1.82, 2.24) is 0 Å². The van der Waals surface area contributed by atoms with Gasteiger partial charge in [-0.05, 0) is 18.6 Å². The van der Waals surface area contributed by atoms with Crippen LogP contribution in [0.2, 0.25) is 5.02 Å². The molecule has 0 spiro atoms. The summed E-state index contributed by atoms with van der Waals surface area (Å²) in [6, 6.07) is 7.21. The standard InChI is InChI=1S/C11H12ClNO2/c12-9-3-1-2-4-10(9)13-11(14)8-5-6-15-7-8/h1-4,8H,5-7H2,(H,13,14). The summed E-state index contributed by atoms with van der Waals surface area (Å²) in [6.07, 6.45) is 0.788. The van der Waals surface area contributed by atoms with Gasteiger partial charge in [0.1, 0.15) is 0 Å². The van der Waals surface area contributed by atoms with Gasteiger partial charge >= 0.3 is 0 Å². The Morgan fingerprint density at radius 2 is 2.27 bits per heavy atom. The molecule has 0 bridgehead atoms. The van der Waals surface area contributed by atoms with Crippen LogP contribution in [0.4, 0.5) is 5.69 Å². The van der Waals surface area contributed by atoms with Crippen LogP contribution in [0.3, 0.4) is 0 Å². The summed E-state index contributed by atoms with van der Waals surface area (Å²) in [5.74, 6) is -0.0538. The maximum Gasteiger partial charge on any atom is 0.229 e. The molecule has 0 radical (unpaired) electrons. The van der Waals surface area contributed by atoms with Crippen LogP contribution in [0.5, 0.6) is 0 Å². The van der Waals surface area contributed by atoms with Gasteiger partial charge in [0, 0.05) is 6.61 Å². The van der Waals surface area contributed by atoms with Crippen molar-refractivity contribution >= 4 is 23.2 Å². The molecule has 1 N–H and O–H groups in total. The topological polar surface area (TPSA) is 38.3 Å². The highest BCUT2D eigenvalue weighted by Crippen LogP contribution is 2.22. The molecule has 15 heavy (non-hydrogen) atoms. The first kappa shape index (κ1) is 10.5. The van der Waals surface area contributed by atoms with E-state index in [1.54, 1.807) is 12.1 Å². The number of carbonyl (C=O) groups excluding carboxylic acids is 1. The number of amides is 1. The zero-order valence-corrected chi connectivity index (χ0v) is 8.96. The van der Waals surface area contributed by atoms with Gasteiger partial charge in [-0.3, -0.25) is 4.79 Å². The lowest BCUT2D eigenvalue weighted by Crippen LogP contribution is -2.22. The second-order valence-corrected chi connectivity index (χ2v) is 3.94. The average Bonchev–Trinajstić information content (AvgIpc) is 2.74. The van der Waals surface area contributed by atoms with Gasteiger partial charge in [-0.25, -0.2) is 0 Å². The van der Waals surface area contributed by atoms with Crippen molar-refractivity contribution < 1.29 is 9.53 Å². The molecule has 3 nitrogen and oxygen atoms in total.